The Bertz CT molecular complexity index is 524. The maximum Gasteiger partial charge on any atom is 0.238 e. The van der Waals surface area contributed by atoms with Crippen LogP contribution in [-0.4, -0.2) is 15.0 Å². The Kier molecular flexibility index (Phi) is 5.12. The molecule has 0 radical (unpaired) electrons. The molecular formula is C14H24N2O2S. The first-order chi connectivity index (χ1) is 8.65. The normalized spacial score (nSPS) is 14.4. The fourth-order valence-electron chi connectivity index (χ4n) is 1.63. The third kappa shape index (κ3) is 4.93. The number of hydrogen-bond donors (Lipinski definition) is 2. The summed E-state index contributed by atoms with van der Waals surface area (Å²) in [5.41, 5.74) is 1.16. The minimum Gasteiger partial charge on any atom is -0.310 e. The average molecular weight is 284 g/mol. The van der Waals surface area contributed by atoms with E-state index < -0.39 is 10.0 Å². The van der Waals surface area contributed by atoms with E-state index in [1.807, 2.05) is 13.0 Å². The molecule has 0 spiro atoms. The van der Waals surface area contributed by atoms with Gasteiger partial charge in [-0.25, -0.2) is 13.6 Å². The second-order valence-electron chi connectivity index (χ2n) is 5.74. The fourth-order valence-corrected chi connectivity index (χ4v) is 2.20. The molecule has 0 aliphatic heterocycles. The number of rotatable bonds is 6. The largest absolute Gasteiger partial charge is 0.310 e. The fraction of sp³-hybridized carbons (Fsp3) is 0.571. The Morgan fingerprint density at radius 3 is 2.53 bits per heavy atom. The van der Waals surface area contributed by atoms with Crippen LogP contribution in [-0.2, 0) is 10.0 Å². The van der Waals surface area contributed by atoms with Crippen molar-refractivity contribution in [3.05, 3.63) is 29.8 Å². The summed E-state index contributed by atoms with van der Waals surface area (Å²) in [5, 5.41) is 8.58. The zero-order valence-corrected chi connectivity index (χ0v) is 12.9. The molecule has 5 heteroatoms. The molecule has 1 aromatic rings. The van der Waals surface area contributed by atoms with Crippen molar-refractivity contribution >= 4 is 10.0 Å². The highest BCUT2D eigenvalue weighted by molar-refractivity contribution is 7.89. The number of primary sulfonamides is 1. The molecule has 0 bridgehead atoms. The van der Waals surface area contributed by atoms with E-state index >= 15 is 0 Å². The van der Waals surface area contributed by atoms with Crippen molar-refractivity contribution in [2.24, 2.45) is 10.6 Å². The van der Waals surface area contributed by atoms with Gasteiger partial charge >= 0.3 is 0 Å². The van der Waals surface area contributed by atoms with E-state index in [1.54, 1.807) is 12.1 Å². The molecule has 0 heterocycles. The molecule has 1 rings (SSSR count). The van der Waals surface area contributed by atoms with Crippen LogP contribution in [0.4, 0.5) is 0 Å². The van der Waals surface area contributed by atoms with Crippen LogP contribution in [0.3, 0.4) is 0 Å². The summed E-state index contributed by atoms with van der Waals surface area (Å²) in [7, 11) is -3.63. The number of hydrogen-bond acceptors (Lipinski definition) is 3. The summed E-state index contributed by atoms with van der Waals surface area (Å²) in [4.78, 5) is 0.161. The lowest BCUT2D eigenvalue weighted by atomic mass is 9.90. The smallest absolute Gasteiger partial charge is 0.238 e. The van der Waals surface area contributed by atoms with Crippen LogP contribution in [0.15, 0.2) is 29.2 Å². The highest BCUT2D eigenvalue weighted by Gasteiger charge is 2.17. The van der Waals surface area contributed by atoms with Gasteiger partial charge in [0.25, 0.3) is 0 Å². The van der Waals surface area contributed by atoms with Gasteiger partial charge in [0.1, 0.15) is 0 Å². The van der Waals surface area contributed by atoms with Gasteiger partial charge in [0.05, 0.1) is 4.90 Å². The van der Waals surface area contributed by atoms with E-state index in [0.29, 0.717) is 0 Å². The van der Waals surface area contributed by atoms with Gasteiger partial charge < -0.3 is 5.32 Å². The van der Waals surface area contributed by atoms with E-state index in [1.165, 1.54) is 6.07 Å². The summed E-state index contributed by atoms with van der Waals surface area (Å²) in [5.74, 6) is 0. The monoisotopic (exact) mass is 284 g/mol. The van der Waals surface area contributed by atoms with Gasteiger partial charge in [0.2, 0.25) is 10.0 Å². The molecule has 4 nitrogen and oxygen atoms in total. The predicted octanol–water partition coefficient (Wildman–Crippen LogP) is 2.42. The summed E-state index contributed by atoms with van der Waals surface area (Å²) in [6, 6.07) is 6.87. The quantitative estimate of drug-likeness (QED) is 0.842. The van der Waals surface area contributed by atoms with E-state index in [4.69, 9.17) is 5.14 Å². The van der Waals surface area contributed by atoms with Crippen LogP contribution in [0.25, 0.3) is 0 Å². The van der Waals surface area contributed by atoms with Crippen LogP contribution in [0, 0.1) is 5.41 Å². The van der Waals surface area contributed by atoms with E-state index in [0.717, 1.165) is 18.5 Å². The van der Waals surface area contributed by atoms with Gasteiger partial charge in [-0.15, -0.1) is 0 Å². The van der Waals surface area contributed by atoms with Gasteiger partial charge in [-0.2, -0.15) is 0 Å². The summed E-state index contributed by atoms with van der Waals surface area (Å²) >= 11 is 0. The van der Waals surface area contributed by atoms with Gasteiger partial charge in [-0.05, 0) is 36.5 Å². The lowest BCUT2D eigenvalue weighted by Crippen LogP contribution is -2.31. The zero-order chi connectivity index (χ0) is 14.7. The maximum atomic E-state index is 11.3. The van der Waals surface area contributed by atoms with Crippen molar-refractivity contribution in [2.45, 2.75) is 45.1 Å². The molecule has 1 unspecified atom stereocenters. The Morgan fingerprint density at radius 1 is 1.37 bits per heavy atom. The maximum absolute atomic E-state index is 11.3. The summed E-state index contributed by atoms with van der Waals surface area (Å²) in [6.07, 6.45) is 1.09. The van der Waals surface area contributed by atoms with Gasteiger partial charge in [0.15, 0.2) is 0 Å². The van der Waals surface area contributed by atoms with Gasteiger partial charge in [-0.3, -0.25) is 0 Å². The topological polar surface area (TPSA) is 72.2 Å². The second kappa shape index (κ2) is 6.03. The van der Waals surface area contributed by atoms with Gasteiger partial charge in [-0.1, -0.05) is 32.9 Å². The lowest BCUT2D eigenvalue weighted by Gasteiger charge is -2.26. The van der Waals surface area contributed by atoms with E-state index in [2.05, 4.69) is 26.1 Å². The minimum atomic E-state index is -3.63. The van der Waals surface area contributed by atoms with Crippen molar-refractivity contribution in [2.75, 3.05) is 6.54 Å². The second-order valence-corrected chi connectivity index (χ2v) is 7.30. The van der Waals surface area contributed by atoms with Crippen molar-refractivity contribution in [1.29, 1.82) is 0 Å². The molecular weight excluding hydrogens is 260 g/mol. The highest BCUT2D eigenvalue weighted by Crippen LogP contribution is 2.21. The molecule has 3 N–H and O–H groups in total. The van der Waals surface area contributed by atoms with Crippen molar-refractivity contribution in [3.63, 3.8) is 0 Å². The Balaban J connectivity index is 2.81. The van der Waals surface area contributed by atoms with Crippen LogP contribution in [0.1, 0.15) is 45.7 Å². The highest BCUT2D eigenvalue weighted by atomic mass is 32.2. The molecule has 19 heavy (non-hydrogen) atoms. The first kappa shape index (κ1) is 16.1. The molecule has 108 valence electrons. The Hall–Kier alpha value is -0.910. The van der Waals surface area contributed by atoms with E-state index in [-0.39, 0.29) is 16.4 Å². The molecule has 1 aromatic carbocycles. The van der Waals surface area contributed by atoms with Crippen molar-refractivity contribution in [1.82, 2.24) is 5.32 Å². The number of nitrogens with one attached hydrogen (secondary N) is 1. The molecule has 0 fully saturated rings. The molecule has 0 aliphatic carbocycles. The Morgan fingerprint density at radius 2 is 2.00 bits per heavy atom. The minimum absolute atomic E-state index is 0.0903. The van der Waals surface area contributed by atoms with Crippen LogP contribution in [0.2, 0.25) is 0 Å². The van der Waals surface area contributed by atoms with Crippen LogP contribution in [0.5, 0.6) is 0 Å². The zero-order valence-electron chi connectivity index (χ0n) is 12.1. The lowest BCUT2D eigenvalue weighted by molar-refractivity contribution is 0.314. The van der Waals surface area contributed by atoms with Crippen molar-refractivity contribution in [3.8, 4) is 0 Å². The summed E-state index contributed by atoms with van der Waals surface area (Å²) < 4.78 is 22.7. The molecule has 0 aliphatic rings. The molecule has 0 saturated carbocycles. The van der Waals surface area contributed by atoms with Gasteiger partial charge in [0, 0.05) is 12.6 Å². The SMILES string of the molecule is CCC(C)(C)CNC(C)c1cccc(S(N)(=O)=O)c1. The molecule has 0 saturated heterocycles. The third-order valence-corrected chi connectivity index (χ3v) is 4.44. The first-order valence-corrected chi connectivity index (χ1v) is 8.06. The third-order valence-electron chi connectivity index (χ3n) is 3.53. The molecule has 0 amide bonds. The van der Waals surface area contributed by atoms with Crippen LogP contribution < -0.4 is 10.5 Å². The number of sulfonamides is 1. The Labute approximate surface area is 116 Å². The molecule has 1 atom stereocenters. The van der Waals surface area contributed by atoms with E-state index in [9.17, 15) is 8.42 Å². The summed E-state index contributed by atoms with van der Waals surface area (Å²) in [6.45, 7) is 9.47. The number of nitrogens with two attached hydrogens (primary N) is 1. The average Bonchev–Trinajstić information content (AvgIpc) is 2.35. The predicted molar refractivity (Wildman–Crippen MR) is 78.3 cm³/mol. The van der Waals surface area contributed by atoms with Crippen LogP contribution >= 0.6 is 0 Å². The standard InChI is InChI=1S/C14H24N2O2S/c1-5-14(3,4)10-16-11(2)12-7-6-8-13(9-12)19(15,17)18/h6-9,11,16H,5,10H2,1-4H3,(H2,15,17,18). The first-order valence-electron chi connectivity index (χ1n) is 6.52. The van der Waals surface area contributed by atoms with Crippen molar-refractivity contribution < 1.29 is 8.42 Å². The molecule has 0 aromatic heterocycles. The number of benzene rings is 1.